The van der Waals surface area contributed by atoms with Gasteiger partial charge in [0.1, 0.15) is 11.5 Å². The minimum atomic E-state index is 0.535. The maximum Gasteiger partial charge on any atom is 0.128 e. The second-order valence-corrected chi connectivity index (χ2v) is 3.77. The molecule has 0 amide bonds. The van der Waals surface area contributed by atoms with Gasteiger partial charge in [0.05, 0.1) is 0 Å². The molecule has 2 rings (SSSR count). The topological polar surface area (TPSA) is 35.2 Å². The third kappa shape index (κ3) is 2.61. The first-order chi connectivity index (χ1) is 7.78. The summed E-state index contributed by atoms with van der Waals surface area (Å²) < 4.78 is 5.75. The molecule has 2 N–H and O–H groups in total. The van der Waals surface area contributed by atoms with Gasteiger partial charge >= 0.3 is 0 Å². The Hall–Kier alpha value is -1.80. The lowest BCUT2D eigenvalue weighted by molar-refractivity contribution is 0.481. The molecule has 0 spiro atoms. The zero-order valence-corrected chi connectivity index (χ0v) is 9.31. The van der Waals surface area contributed by atoms with Crippen LogP contribution in [0.3, 0.4) is 0 Å². The summed E-state index contributed by atoms with van der Waals surface area (Å²) in [6.45, 7) is 2.57. The molecule has 0 aliphatic heterocycles. The monoisotopic (exact) mass is 213 g/mol. The van der Waals surface area contributed by atoms with Crippen molar-refractivity contribution in [2.24, 2.45) is 5.73 Å². The average Bonchev–Trinajstić information content (AvgIpc) is 2.29. The first-order valence-corrected chi connectivity index (χ1v) is 5.31. The Kier molecular flexibility index (Phi) is 3.22. The molecule has 0 unspecified atom stereocenters. The van der Waals surface area contributed by atoms with Crippen LogP contribution in [0.15, 0.2) is 48.5 Å². The number of ether oxygens (including phenoxy) is 1. The quantitative estimate of drug-likeness (QED) is 0.849. The lowest BCUT2D eigenvalue weighted by Gasteiger charge is -2.08. The van der Waals surface area contributed by atoms with Crippen LogP contribution in [0, 0.1) is 6.92 Å². The van der Waals surface area contributed by atoms with E-state index in [9.17, 15) is 0 Å². The van der Waals surface area contributed by atoms with Crippen molar-refractivity contribution in [3.05, 3.63) is 59.7 Å². The van der Waals surface area contributed by atoms with E-state index in [2.05, 4.69) is 6.07 Å². The fraction of sp³-hybridized carbons (Fsp3) is 0.143. The second kappa shape index (κ2) is 4.81. The molecule has 0 aliphatic carbocycles. The first-order valence-electron chi connectivity index (χ1n) is 5.31. The van der Waals surface area contributed by atoms with E-state index in [1.165, 1.54) is 0 Å². The second-order valence-electron chi connectivity index (χ2n) is 3.77. The number of hydrogen-bond donors (Lipinski definition) is 1. The van der Waals surface area contributed by atoms with E-state index in [-0.39, 0.29) is 0 Å². The van der Waals surface area contributed by atoms with Gasteiger partial charge in [0.25, 0.3) is 0 Å². The van der Waals surface area contributed by atoms with Crippen LogP contribution in [-0.4, -0.2) is 0 Å². The number of benzene rings is 2. The zero-order valence-electron chi connectivity index (χ0n) is 9.31. The summed E-state index contributed by atoms with van der Waals surface area (Å²) in [4.78, 5) is 0. The van der Waals surface area contributed by atoms with E-state index in [1.807, 2.05) is 49.4 Å². The first kappa shape index (κ1) is 10.7. The maximum atomic E-state index is 5.75. The fourth-order valence-corrected chi connectivity index (χ4v) is 1.63. The van der Waals surface area contributed by atoms with Crippen molar-refractivity contribution in [3.63, 3.8) is 0 Å². The van der Waals surface area contributed by atoms with Crippen LogP contribution in [0.1, 0.15) is 11.1 Å². The fourth-order valence-electron chi connectivity index (χ4n) is 1.63. The van der Waals surface area contributed by atoms with Crippen LogP contribution in [-0.2, 0) is 6.54 Å². The normalized spacial score (nSPS) is 10.1. The molecular weight excluding hydrogens is 198 g/mol. The Morgan fingerprint density at radius 2 is 1.75 bits per heavy atom. The third-order valence-electron chi connectivity index (χ3n) is 2.33. The highest BCUT2D eigenvalue weighted by Crippen LogP contribution is 2.23. The summed E-state index contributed by atoms with van der Waals surface area (Å²) in [6.07, 6.45) is 0. The molecule has 0 aromatic heterocycles. The Labute approximate surface area is 95.7 Å². The van der Waals surface area contributed by atoms with Gasteiger partial charge in [0.15, 0.2) is 0 Å². The lowest BCUT2D eigenvalue weighted by atomic mass is 10.1. The minimum absolute atomic E-state index is 0.535. The number of para-hydroxylation sites is 1. The Balaban J connectivity index is 2.24. The number of nitrogens with two attached hydrogens (primary N) is 1. The van der Waals surface area contributed by atoms with Gasteiger partial charge in [-0.15, -0.1) is 0 Å². The van der Waals surface area contributed by atoms with Gasteiger partial charge in [0, 0.05) is 6.54 Å². The highest BCUT2D eigenvalue weighted by atomic mass is 16.5. The molecule has 0 saturated carbocycles. The van der Waals surface area contributed by atoms with E-state index < -0.39 is 0 Å². The van der Waals surface area contributed by atoms with E-state index >= 15 is 0 Å². The summed E-state index contributed by atoms with van der Waals surface area (Å²) in [5.41, 5.74) is 7.88. The highest BCUT2D eigenvalue weighted by Gasteiger charge is 1.99. The van der Waals surface area contributed by atoms with Crippen molar-refractivity contribution in [2.45, 2.75) is 13.5 Å². The van der Waals surface area contributed by atoms with Gasteiger partial charge in [-0.05, 0) is 42.3 Å². The van der Waals surface area contributed by atoms with Crippen LogP contribution >= 0.6 is 0 Å². The van der Waals surface area contributed by atoms with Gasteiger partial charge in [-0.25, -0.2) is 0 Å². The summed E-state index contributed by atoms with van der Waals surface area (Å²) >= 11 is 0. The number of rotatable bonds is 3. The number of aryl methyl sites for hydroxylation is 1. The Bertz CT molecular complexity index is 465. The van der Waals surface area contributed by atoms with Crippen molar-refractivity contribution in [1.29, 1.82) is 0 Å². The summed E-state index contributed by atoms with van der Waals surface area (Å²) in [5.74, 6) is 1.68. The maximum absolute atomic E-state index is 5.75. The zero-order chi connectivity index (χ0) is 11.4. The highest BCUT2D eigenvalue weighted by molar-refractivity contribution is 5.37. The molecule has 16 heavy (non-hydrogen) atoms. The average molecular weight is 213 g/mol. The van der Waals surface area contributed by atoms with Crippen molar-refractivity contribution >= 4 is 0 Å². The summed E-state index contributed by atoms with van der Waals surface area (Å²) in [5, 5.41) is 0. The molecule has 0 atom stereocenters. The SMILES string of the molecule is Cc1cc(CN)cc(Oc2ccccc2)c1. The Morgan fingerprint density at radius 3 is 2.44 bits per heavy atom. The molecule has 0 aliphatic rings. The van der Waals surface area contributed by atoms with E-state index in [1.54, 1.807) is 0 Å². The van der Waals surface area contributed by atoms with Gasteiger partial charge in [-0.1, -0.05) is 24.3 Å². The van der Waals surface area contributed by atoms with Crippen molar-refractivity contribution in [1.82, 2.24) is 0 Å². The summed E-state index contributed by atoms with van der Waals surface area (Å²) in [7, 11) is 0. The van der Waals surface area contributed by atoms with Gasteiger partial charge < -0.3 is 10.5 Å². The molecule has 2 heteroatoms. The standard InChI is InChI=1S/C14H15NO/c1-11-7-12(10-15)9-14(8-11)16-13-5-3-2-4-6-13/h2-9H,10,15H2,1H3. The Morgan fingerprint density at radius 1 is 1.00 bits per heavy atom. The van der Waals surface area contributed by atoms with Crippen molar-refractivity contribution in [3.8, 4) is 11.5 Å². The van der Waals surface area contributed by atoms with Crippen molar-refractivity contribution in [2.75, 3.05) is 0 Å². The summed E-state index contributed by atoms with van der Waals surface area (Å²) in [6, 6.07) is 15.8. The van der Waals surface area contributed by atoms with Crippen LogP contribution in [0.4, 0.5) is 0 Å². The van der Waals surface area contributed by atoms with Gasteiger partial charge in [0.2, 0.25) is 0 Å². The predicted octanol–water partition coefficient (Wildman–Crippen LogP) is 3.25. The molecule has 2 aromatic rings. The third-order valence-corrected chi connectivity index (χ3v) is 2.33. The molecule has 82 valence electrons. The molecule has 0 bridgehead atoms. The number of hydrogen-bond acceptors (Lipinski definition) is 2. The van der Waals surface area contributed by atoms with E-state index in [0.717, 1.165) is 22.6 Å². The smallest absolute Gasteiger partial charge is 0.128 e. The van der Waals surface area contributed by atoms with E-state index in [0.29, 0.717) is 6.54 Å². The van der Waals surface area contributed by atoms with Crippen LogP contribution in [0.25, 0.3) is 0 Å². The van der Waals surface area contributed by atoms with Crippen LogP contribution < -0.4 is 10.5 Å². The molecule has 2 aromatic carbocycles. The molecule has 0 saturated heterocycles. The largest absolute Gasteiger partial charge is 0.457 e. The van der Waals surface area contributed by atoms with Gasteiger partial charge in [-0.3, -0.25) is 0 Å². The van der Waals surface area contributed by atoms with Crippen molar-refractivity contribution < 1.29 is 4.74 Å². The van der Waals surface area contributed by atoms with Gasteiger partial charge in [-0.2, -0.15) is 0 Å². The van der Waals surface area contributed by atoms with E-state index in [4.69, 9.17) is 10.5 Å². The molecule has 0 radical (unpaired) electrons. The molecule has 0 heterocycles. The van der Waals surface area contributed by atoms with Crippen LogP contribution in [0.5, 0.6) is 11.5 Å². The molecular formula is C14H15NO. The molecule has 0 fully saturated rings. The predicted molar refractivity (Wildman–Crippen MR) is 65.6 cm³/mol. The minimum Gasteiger partial charge on any atom is -0.457 e. The lowest BCUT2D eigenvalue weighted by Crippen LogP contribution is -1.97. The van der Waals surface area contributed by atoms with Crippen LogP contribution in [0.2, 0.25) is 0 Å². The molecule has 2 nitrogen and oxygen atoms in total.